The standard InChI is InChI=1S/C8H7O2P/c9-11-8-5-6-3-1-2-4-7(6)10-8/h1-5,9,11H. The molecule has 1 heterocycles. The Morgan fingerprint density at radius 2 is 2.09 bits per heavy atom. The number of para-hydroxylation sites is 1. The summed E-state index contributed by atoms with van der Waals surface area (Å²) in [6, 6.07) is 9.56. The van der Waals surface area contributed by atoms with E-state index in [2.05, 4.69) is 0 Å². The molecule has 3 heteroatoms. The molecular weight excluding hydrogens is 159 g/mol. The number of benzene rings is 1. The van der Waals surface area contributed by atoms with Crippen LogP contribution in [0.1, 0.15) is 0 Å². The molecule has 1 aromatic carbocycles. The molecule has 0 saturated heterocycles. The Labute approximate surface area is 65.7 Å². The topological polar surface area (TPSA) is 33.4 Å². The predicted octanol–water partition coefficient (Wildman–Crippen LogP) is 1.64. The van der Waals surface area contributed by atoms with Gasteiger partial charge in [0.1, 0.15) is 5.58 Å². The zero-order valence-electron chi connectivity index (χ0n) is 5.74. The quantitative estimate of drug-likeness (QED) is 0.653. The van der Waals surface area contributed by atoms with Crippen molar-refractivity contribution in [3.63, 3.8) is 0 Å². The van der Waals surface area contributed by atoms with E-state index in [-0.39, 0.29) is 8.81 Å². The Morgan fingerprint density at radius 3 is 2.82 bits per heavy atom. The number of hydrogen-bond acceptors (Lipinski definition) is 2. The molecule has 0 fully saturated rings. The Bertz CT molecular complexity index is 334. The summed E-state index contributed by atoms with van der Waals surface area (Å²) in [4.78, 5) is 8.77. The normalized spacial score (nSPS) is 11.7. The van der Waals surface area contributed by atoms with Crippen LogP contribution < -0.4 is 5.50 Å². The first-order chi connectivity index (χ1) is 5.40. The molecule has 56 valence electrons. The second-order valence-electron chi connectivity index (χ2n) is 2.26. The van der Waals surface area contributed by atoms with Crippen LogP contribution in [-0.4, -0.2) is 4.89 Å². The molecule has 0 bridgehead atoms. The van der Waals surface area contributed by atoms with E-state index in [1.807, 2.05) is 30.3 Å². The van der Waals surface area contributed by atoms with E-state index in [0.29, 0.717) is 5.50 Å². The average molecular weight is 166 g/mol. The molecule has 0 amide bonds. The third-order valence-corrected chi connectivity index (χ3v) is 2.00. The van der Waals surface area contributed by atoms with Crippen LogP contribution in [0.15, 0.2) is 34.7 Å². The lowest BCUT2D eigenvalue weighted by molar-refractivity contribution is 0.616. The van der Waals surface area contributed by atoms with Crippen LogP contribution in [-0.2, 0) is 0 Å². The number of furan rings is 1. The largest absolute Gasteiger partial charge is 0.454 e. The van der Waals surface area contributed by atoms with Crippen molar-refractivity contribution in [3.05, 3.63) is 30.3 Å². The van der Waals surface area contributed by atoms with Crippen molar-refractivity contribution >= 4 is 25.3 Å². The van der Waals surface area contributed by atoms with Crippen LogP contribution in [0.4, 0.5) is 0 Å². The molecule has 11 heavy (non-hydrogen) atoms. The van der Waals surface area contributed by atoms with Crippen LogP contribution in [0, 0.1) is 0 Å². The van der Waals surface area contributed by atoms with Crippen molar-refractivity contribution < 1.29 is 9.31 Å². The summed E-state index contributed by atoms with van der Waals surface area (Å²) in [5.74, 6) is 0. The highest BCUT2D eigenvalue weighted by molar-refractivity contribution is 7.40. The van der Waals surface area contributed by atoms with E-state index in [1.54, 1.807) is 0 Å². The number of fused-ring (bicyclic) bond motifs is 1. The summed E-state index contributed by atoms with van der Waals surface area (Å²) in [5.41, 5.74) is 1.48. The minimum absolute atomic E-state index is 0.253. The summed E-state index contributed by atoms with van der Waals surface area (Å²) in [7, 11) is -0.253. The molecule has 2 nitrogen and oxygen atoms in total. The van der Waals surface area contributed by atoms with Crippen LogP contribution in [0.25, 0.3) is 11.0 Å². The predicted molar refractivity (Wildman–Crippen MR) is 46.4 cm³/mol. The van der Waals surface area contributed by atoms with Gasteiger partial charge in [0.15, 0.2) is 5.50 Å². The third kappa shape index (κ3) is 1.15. The Kier molecular flexibility index (Phi) is 1.65. The monoisotopic (exact) mass is 166 g/mol. The fourth-order valence-electron chi connectivity index (χ4n) is 1.04. The van der Waals surface area contributed by atoms with Gasteiger partial charge in [-0.15, -0.1) is 0 Å². The van der Waals surface area contributed by atoms with Crippen molar-refractivity contribution in [1.82, 2.24) is 0 Å². The van der Waals surface area contributed by atoms with Gasteiger partial charge < -0.3 is 9.31 Å². The van der Waals surface area contributed by atoms with Crippen molar-refractivity contribution in [2.24, 2.45) is 0 Å². The minimum atomic E-state index is -0.253. The third-order valence-electron chi connectivity index (χ3n) is 1.54. The van der Waals surface area contributed by atoms with Crippen molar-refractivity contribution in [2.45, 2.75) is 0 Å². The smallest absolute Gasteiger partial charge is 0.151 e. The van der Waals surface area contributed by atoms with Crippen LogP contribution >= 0.6 is 8.81 Å². The lowest BCUT2D eigenvalue weighted by Gasteiger charge is -1.83. The Hall–Kier alpha value is -0.850. The van der Waals surface area contributed by atoms with Gasteiger partial charge in [-0.2, -0.15) is 0 Å². The summed E-state index contributed by atoms with van der Waals surface area (Å²) >= 11 is 0. The van der Waals surface area contributed by atoms with Crippen molar-refractivity contribution in [2.75, 3.05) is 0 Å². The molecule has 0 aliphatic carbocycles. The molecule has 1 aromatic heterocycles. The molecule has 0 saturated carbocycles. The molecule has 0 aliphatic rings. The van der Waals surface area contributed by atoms with Gasteiger partial charge in [0.2, 0.25) is 0 Å². The SMILES string of the molecule is OPc1cc2ccccc2o1. The van der Waals surface area contributed by atoms with E-state index < -0.39 is 0 Å². The summed E-state index contributed by atoms with van der Waals surface area (Å²) in [6.45, 7) is 0. The average Bonchev–Trinajstić information content (AvgIpc) is 2.46. The fraction of sp³-hybridized carbons (Fsp3) is 0. The first kappa shape index (κ1) is 6.84. The second-order valence-corrected chi connectivity index (χ2v) is 2.98. The van der Waals surface area contributed by atoms with Crippen molar-refractivity contribution in [1.29, 1.82) is 0 Å². The zero-order chi connectivity index (χ0) is 7.68. The maximum atomic E-state index is 8.77. The highest BCUT2D eigenvalue weighted by atomic mass is 31.1. The first-order valence-electron chi connectivity index (χ1n) is 3.29. The van der Waals surface area contributed by atoms with E-state index in [0.717, 1.165) is 11.0 Å². The van der Waals surface area contributed by atoms with E-state index in [9.17, 15) is 0 Å². The van der Waals surface area contributed by atoms with E-state index in [1.165, 1.54) is 0 Å². The minimum Gasteiger partial charge on any atom is -0.454 e. The lowest BCUT2D eigenvalue weighted by atomic mass is 10.3. The maximum absolute atomic E-state index is 8.77. The maximum Gasteiger partial charge on any atom is 0.151 e. The van der Waals surface area contributed by atoms with Gasteiger partial charge in [-0.3, -0.25) is 0 Å². The summed E-state index contributed by atoms with van der Waals surface area (Å²) in [5, 5.41) is 1.05. The summed E-state index contributed by atoms with van der Waals surface area (Å²) < 4.78 is 5.28. The molecule has 0 aliphatic heterocycles. The van der Waals surface area contributed by atoms with Crippen LogP contribution in [0.5, 0.6) is 0 Å². The lowest BCUT2D eigenvalue weighted by Crippen LogP contribution is -1.82. The molecule has 2 rings (SSSR count). The van der Waals surface area contributed by atoms with Crippen molar-refractivity contribution in [3.8, 4) is 0 Å². The molecule has 2 aromatic rings. The van der Waals surface area contributed by atoms with Crippen LogP contribution in [0.3, 0.4) is 0 Å². The molecule has 1 atom stereocenters. The van der Waals surface area contributed by atoms with Gasteiger partial charge in [-0.25, -0.2) is 0 Å². The highest BCUT2D eigenvalue weighted by Crippen LogP contribution is 2.16. The van der Waals surface area contributed by atoms with Gasteiger partial charge in [-0.05, 0) is 12.1 Å². The van der Waals surface area contributed by atoms with Gasteiger partial charge in [0.05, 0.1) is 8.81 Å². The molecule has 0 spiro atoms. The Morgan fingerprint density at radius 1 is 1.27 bits per heavy atom. The molecule has 1 unspecified atom stereocenters. The molecule has 1 N–H and O–H groups in total. The zero-order valence-corrected chi connectivity index (χ0v) is 6.74. The first-order valence-corrected chi connectivity index (χ1v) is 4.23. The summed E-state index contributed by atoms with van der Waals surface area (Å²) in [6.07, 6.45) is 0. The van der Waals surface area contributed by atoms with Gasteiger partial charge >= 0.3 is 0 Å². The molecular formula is C8H7O2P. The van der Waals surface area contributed by atoms with Gasteiger partial charge in [-0.1, -0.05) is 18.2 Å². The Balaban J connectivity index is 2.69. The van der Waals surface area contributed by atoms with Gasteiger partial charge in [0.25, 0.3) is 0 Å². The molecule has 0 radical (unpaired) electrons. The van der Waals surface area contributed by atoms with E-state index >= 15 is 0 Å². The number of hydrogen-bond donors (Lipinski definition) is 1. The fourth-order valence-corrected chi connectivity index (χ4v) is 1.41. The van der Waals surface area contributed by atoms with Crippen LogP contribution in [0.2, 0.25) is 0 Å². The second kappa shape index (κ2) is 2.65. The highest BCUT2D eigenvalue weighted by Gasteiger charge is 1.99. The number of rotatable bonds is 1. The van der Waals surface area contributed by atoms with Gasteiger partial charge in [0, 0.05) is 5.39 Å². The van der Waals surface area contributed by atoms with E-state index in [4.69, 9.17) is 9.31 Å².